The highest BCUT2D eigenvalue weighted by molar-refractivity contribution is 6.34. The lowest BCUT2D eigenvalue weighted by atomic mass is 10.1. The van der Waals surface area contributed by atoms with E-state index in [0.717, 1.165) is 10.9 Å². The molecule has 2 N–H and O–H groups in total. The van der Waals surface area contributed by atoms with Gasteiger partial charge in [-0.2, -0.15) is 0 Å². The molecule has 0 aliphatic carbocycles. The fourth-order valence-electron chi connectivity index (χ4n) is 2.25. The van der Waals surface area contributed by atoms with E-state index in [2.05, 4.69) is 15.0 Å². The number of anilines is 1. The van der Waals surface area contributed by atoms with Crippen LogP contribution in [-0.2, 0) is 4.74 Å². The molecule has 0 aliphatic rings. The number of H-pyrrole nitrogens is 1. The Kier molecular flexibility index (Phi) is 4.04. The summed E-state index contributed by atoms with van der Waals surface area (Å²) in [4.78, 5) is 27.0. The van der Waals surface area contributed by atoms with Gasteiger partial charge in [-0.25, -0.2) is 4.79 Å². The zero-order valence-electron chi connectivity index (χ0n) is 12.2. The Labute approximate surface area is 137 Å². The lowest BCUT2D eigenvalue weighted by Crippen LogP contribution is -2.13. The van der Waals surface area contributed by atoms with Gasteiger partial charge < -0.3 is 15.0 Å². The van der Waals surface area contributed by atoms with E-state index in [-0.39, 0.29) is 5.91 Å². The van der Waals surface area contributed by atoms with Gasteiger partial charge >= 0.3 is 5.97 Å². The zero-order chi connectivity index (χ0) is 16.4. The van der Waals surface area contributed by atoms with Crippen LogP contribution in [0.5, 0.6) is 0 Å². The number of amides is 1. The van der Waals surface area contributed by atoms with Crippen LogP contribution in [0.25, 0.3) is 10.9 Å². The van der Waals surface area contributed by atoms with Crippen molar-refractivity contribution in [2.45, 2.75) is 0 Å². The van der Waals surface area contributed by atoms with Crippen molar-refractivity contribution in [3.8, 4) is 0 Å². The van der Waals surface area contributed by atoms with Crippen LogP contribution in [0.3, 0.4) is 0 Å². The average molecular weight is 329 g/mol. The second kappa shape index (κ2) is 6.14. The van der Waals surface area contributed by atoms with Gasteiger partial charge in [-0.1, -0.05) is 17.7 Å². The van der Waals surface area contributed by atoms with Gasteiger partial charge in [0.1, 0.15) is 0 Å². The van der Waals surface area contributed by atoms with Gasteiger partial charge in [0.25, 0.3) is 5.91 Å². The van der Waals surface area contributed by atoms with Crippen LogP contribution in [0.4, 0.5) is 5.69 Å². The quantitative estimate of drug-likeness (QED) is 0.717. The molecule has 1 amide bonds. The van der Waals surface area contributed by atoms with Crippen molar-refractivity contribution in [1.82, 2.24) is 4.98 Å². The van der Waals surface area contributed by atoms with Gasteiger partial charge in [0.2, 0.25) is 0 Å². The van der Waals surface area contributed by atoms with Crippen LogP contribution in [0, 0.1) is 0 Å². The second-order valence-corrected chi connectivity index (χ2v) is 5.33. The number of aromatic nitrogens is 1. The highest BCUT2D eigenvalue weighted by Crippen LogP contribution is 2.24. The second-order valence-electron chi connectivity index (χ2n) is 4.92. The maximum absolute atomic E-state index is 12.4. The molecule has 0 radical (unpaired) electrons. The number of hydrogen-bond acceptors (Lipinski definition) is 3. The van der Waals surface area contributed by atoms with Crippen molar-refractivity contribution in [3.63, 3.8) is 0 Å². The number of nitrogens with one attached hydrogen (secondary N) is 2. The Hall–Kier alpha value is -2.79. The van der Waals surface area contributed by atoms with E-state index in [4.69, 9.17) is 11.6 Å². The molecule has 0 bridgehead atoms. The largest absolute Gasteiger partial charge is 0.465 e. The average Bonchev–Trinajstić information content (AvgIpc) is 3.03. The fourth-order valence-corrected chi connectivity index (χ4v) is 2.41. The van der Waals surface area contributed by atoms with Gasteiger partial charge in [-0.3, -0.25) is 4.79 Å². The number of rotatable bonds is 3. The summed E-state index contributed by atoms with van der Waals surface area (Å²) in [7, 11) is 1.29. The number of aromatic amines is 1. The van der Waals surface area contributed by atoms with Crippen LogP contribution >= 0.6 is 11.6 Å². The topological polar surface area (TPSA) is 71.2 Å². The third-order valence-electron chi connectivity index (χ3n) is 3.45. The molecule has 1 aromatic heterocycles. The standard InChI is InChI=1S/C17H13ClN2O3/c1-23-17(22)12-4-5-13(18)15(9-12)20-16(21)11-3-2-10-6-7-19-14(10)8-11/h2-9,19H,1H3,(H,20,21). The first-order valence-electron chi connectivity index (χ1n) is 6.85. The summed E-state index contributed by atoms with van der Waals surface area (Å²) in [5.41, 5.74) is 2.02. The van der Waals surface area contributed by atoms with Gasteiger partial charge in [0, 0.05) is 17.3 Å². The highest BCUT2D eigenvalue weighted by Gasteiger charge is 2.13. The van der Waals surface area contributed by atoms with Gasteiger partial charge in [-0.05, 0) is 41.8 Å². The SMILES string of the molecule is COC(=O)c1ccc(Cl)c(NC(=O)c2ccc3cc[nH]c3c2)c1. The molecule has 116 valence electrons. The van der Waals surface area contributed by atoms with Crippen LogP contribution in [0.2, 0.25) is 5.02 Å². The Morgan fingerprint density at radius 1 is 1.09 bits per heavy atom. The van der Waals surface area contributed by atoms with E-state index < -0.39 is 5.97 Å². The third kappa shape index (κ3) is 3.05. The molecule has 0 saturated heterocycles. The minimum atomic E-state index is -0.495. The summed E-state index contributed by atoms with van der Waals surface area (Å²) < 4.78 is 4.66. The molecule has 0 spiro atoms. The lowest BCUT2D eigenvalue weighted by Gasteiger charge is -2.09. The first-order valence-corrected chi connectivity index (χ1v) is 7.22. The molecule has 3 aromatic rings. The Morgan fingerprint density at radius 3 is 2.65 bits per heavy atom. The van der Waals surface area contributed by atoms with Gasteiger partial charge in [0.15, 0.2) is 0 Å². The Morgan fingerprint density at radius 2 is 1.87 bits per heavy atom. The molecule has 0 saturated carbocycles. The molecule has 0 aliphatic heterocycles. The fraction of sp³-hybridized carbons (Fsp3) is 0.0588. The maximum atomic E-state index is 12.4. The van der Waals surface area contributed by atoms with Crippen LogP contribution in [0.15, 0.2) is 48.7 Å². The first kappa shape index (κ1) is 15.1. The number of carbonyl (C=O) groups is 2. The smallest absolute Gasteiger partial charge is 0.337 e. The summed E-state index contributed by atoms with van der Waals surface area (Å²) in [5, 5.41) is 4.07. The maximum Gasteiger partial charge on any atom is 0.337 e. The van der Waals surface area contributed by atoms with Crippen molar-refractivity contribution >= 4 is 40.1 Å². The minimum Gasteiger partial charge on any atom is -0.465 e. The molecular formula is C17H13ClN2O3. The summed E-state index contributed by atoms with van der Waals surface area (Å²) >= 11 is 6.08. The normalized spacial score (nSPS) is 10.5. The molecule has 1 heterocycles. The molecule has 0 unspecified atom stereocenters. The van der Waals surface area contributed by atoms with Crippen LogP contribution in [0.1, 0.15) is 20.7 Å². The molecular weight excluding hydrogens is 316 g/mol. The van der Waals surface area contributed by atoms with E-state index in [1.807, 2.05) is 18.3 Å². The number of halogens is 1. The van der Waals surface area contributed by atoms with Gasteiger partial charge in [0.05, 0.1) is 23.4 Å². The number of carbonyl (C=O) groups excluding carboxylic acids is 2. The van der Waals surface area contributed by atoms with Crippen molar-refractivity contribution in [2.75, 3.05) is 12.4 Å². The predicted octanol–water partition coefficient (Wildman–Crippen LogP) is 3.86. The van der Waals surface area contributed by atoms with Crippen molar-refractivity contribution in [1.29, 1.82) is 0 Å². The summed E-state index contributed by atoms with van der Waals surface area (Å²) in [6.45, 7) is 0. The van der Waals surface area contributed by atoms with Crippen molar-refractivity contribution in [3.05, 3.63) is 64.8 Å². The van der Waals surface area contributed by atoms with Gasteiger partial charge in [-0.15, -0.1) is 0 Å². The van der Waals surface area contributed by atoms with Crippen LogP contribution in [-0.4, -0.2) is 24.0 Å². The summed E-state index contributed by atoms with van der Waals surface area (Å²) in [6, 6.07) is 11.8. The van der Waals surface area contributed by atoms with Crippen molar-refractivity contribution < 1.29 is 14.3 Å². The number of ether oxygens (including phenoxy) is 1. The molecule has 3 rings (SSSR count). The molecule has 5 nitrogen and oxygen atoms in total. The molecule has 23 heavy (non-hydrogen) atoms. The van der Waals surface area contributed by atoms with E-state index in [0.29, 0.717) is 21.8 Å². The number of esters is 1. The van der Waals surface area contributed by atoms with E-state index in [9.17, 15) is 9.59 Å². The number of fused-ring (bicyclic) bond motifs is 1. The third-order valence-corrected chi connectivity index (χ3v) is 3.78. The Bertz CT molecular complexity index is 902. The summed E-state index contributed by atoms with van der Waals surface area (Å²) in [6.07, 6.45) is 1.81. The predicted molar refractivity (Wildman–Crippen MR) is 89.0 cm³/mol. The molecule has 2 aromatic carbocycles. The number of methoxy groups -OCH3 is 1. The number of hydrogen-bond donors (Lipinski definition) is 2. The molecule has 0 fully saturated rings. The van der Waals surface area contributed by atoms with E-state index >= 15 is 0 Å². The monoisotopic (exact) mass is 328 g/mol. The first-order chi connectivity index (χ1) is 11.1. The minimum absolute atomic E-state index is 0.312. The van der Waals surface area contributed by atoms with E-state index in [1.165, 1.54) is 25.3 Å². The lowest BCUT2D eigenvalue weighted by molar-refractivity contribution is 0.0600. The van der Waals surface area contributed by atoms with Crippen LogP contribution < -0.4 is 5.32 Å². The zero-order valence-corrected chi connectivity index (χ0v) is 13.0. The molecule has 6 heteroatoms. The Balaban J connectivity index is 1.88. The highest BCUT2D eigenvalue weighted by atomic mass is 35.5. The van der Waals surface area contributed by atoms with E-state index in [1.54, 1.807) is 12.1 Å². The number of benzene rings is 2. The molecule has 0 atom stereocenters. The summed E-state index contributed by atoms with van der Waals surface area (Å²) in [5.74, 6) is -0.810. The van der Waals surface area contributed by atoms with Crippen molar-refractivity contribution in [2.24, 2.45) is 0 Å².